The monoisotopic (exact) mass is 363 g/mol. The molecule has 0 aliphatic rings. The Hall–Kier alpha value is -2.34. The molecule has 1 rings (SSSR count). The van der Waals surface area contributed by atoms with Crippen molar-refractivity contribution in [3.05, 3.63) is 48.6 Å². The quantitative estimate of drug-likeness (QED) is 0.390. The fourth-order valence-electron chi connectivity index (χ4n) is 2.08. The van der Waals surface area contributed by atoms with E-state index in [0.717, 1.165) is 5.56 Å². The van der Waals surface area contributed by atoms with E-state index in [-0.39, 0.29) is 6.61 Å². The fourth-order valence-corrected chi connectivity index (χ4v) is 2.08. The standard InChI is InChI=1S/C20H29NO5/c1-5-13-24-14-9-12-17(21-19(23)26-20(2,3)4)18(22)25-15-16-10-7-6-8-11-16/h5-8,10-11,17H,1,9,12-15H2,2-4H3,(H,21,23). The van der Waals surface area contributed by atoms with Crippen molar-refractivity contribution in [2.75, 3.05) is 13.2 Å². The molecule has 0 bridgehead atoms. The average Bonchev–Trinajstić information content (AvgIpc) is 2.57. The number of carbonyl (C=O) groups excluding carboxylic acids is 2. The zero-order chi connectivity index (χ0) is 19.4. The molecule has 1 aromatic carbocycles. The number of hydrogen-bond acceptors (Lipinski definition) is 5. The Labute approximate surface area is 155 Å². The first-order chi connectivity index (χ1) is 12.3. The molecular formula is C20H29NO5. The van der Waals surface area contributed by atoms with Gasteiger partial charge in [-0.1, -0.05) is 36.4 Å². The lowest BCUT2D eigenvalue weighted by molar-refractivity contribution is -0.147. The Morgan fingerprint density at radius 1 is 1.23 bits per heavy atom. The van der Waals surface area contributed by atoms with Crippen LogP contribution in [0.5, 0.6) is 0 Å². The second-order valence-electron chi connectivity index (χ2n) is 6.80. The van der Waals surface area contributed by atoms with E-state index < -0.39 is 23.7 Å². The number of rotatable bonds is 10. The van der Waals surface area contributed by atoms with Gasteiger partial charge >= 0.3 is 12.1 Å². The Kier molecular flexibility index (Phi) is 9.44. The van der Waals surface area contributed by atoms with Crippen LogP contribution in [0.15, 0.2) is 43.0 Å². The molecule has 0 aliphatic heterocycles. The van der Waals surface area contributed by atoms with E-state index in [1.807, 2.05) is 30.3 Å². The molecule has 0 fully saturated rings. The topological polar surface area (TPSA) is 73.9 Å². The van der Waals surface area contributed by atoms with E-state index in [4.69, 9.17) is 14.2 Å². The molecule has 0 aliphatic carbocycles. The Balaban J connectivity index is 2.57. The molecule has 6 heteroatoms. The molecule has 0 saturated heterocycles. The van der Waals surface area contributed by atoms with E-state index >= 15 is 0 Å². The maximum absolute atomic E-state index is 12.4. The fraction of sp³-hybridized carbons (Fsp3) is 0.500. The minimum absolute atomic E-state index is 0.152. The van der Waals surface area contributed by atoms with E-state index in [0.29, 0.717) is 26.1 Å². The van der Waals surface area contributed by atoms with Crippen LogP contribution in [-0.2, 0) is 25.6 Å². The van der Waals surface area contributed by atoms with Crippen LogP contribution in [0.2, 0.25) is 0 Å². The smallest absolute Gasteiger partial charge is 0.408 e. The van der Waals surface area contributed by atoms with Crippen molar-refractivity contribution in [3.8, 4) is 0 Å². The molecule has 144 valence electrons. The first-order valence-electron chi connectivity index (χ1n) is 8.70. The number of benzene rings is 1. The van der Waals surface area contributed by atoms with Crippen molar-refractivity contribution in [2.24, 2.45) is 0 Å². The summed E-state index contributed by atoms with van der Waals surface area (Å²) in [4.78, 5) is 24.4. The summed E-state index contributed by atoms with van der Waals surface area (Å²) in [7, 11) is 0. The molecule has 1 aromatic rings. The summed E-state index contributed by atoms with van der Waals surface area (Å²) in [5.74, 6) is -0.497. The third kappa shape index (κ3) is 9.84. The second kappa shape index (κ2) is 11.3. The lowest BCUT2D eigenvalue weighted by atomic mass is 10.1. The van der Waals surface area contributed by atoms with Crippen molar-refractivity contribution in [2.45, 2.75) is 51.9 Å². The van der Waals surface area contributed by atoms with Crippen molar-refractivity contribution < 1.29 is 23.8 Å². The van der Waals surface area contributed by atoms with E-state index in [1.165, 1.54) is 0 Å². The van der Waals surface area contributed by atoms with Crippen LogP contribution in [-0.4, -0.2) is 36.9 Å². The summed E-state index contributed by atoms with van der Waals surface area (Å²) in [5, 5.41) is 2.59. The van der Waals surface area contributed by atoms with Crippen molar-refractivity contribution in [1.82, 2.24) is 5.32 Å². The number of carbonyl (C=O) groups is 2. The Morgan fingerprint density at radius 3 is 2.54 bits per heavy atom. The molecule has 0 aromatic heterocycles. The van der Waals surface area contributed by atoms with Crippen molar-refractivity contribution in [1.29, 1.82) is 0 Å². The van der Waals surface area contributed by atoms with Crippen LogP contribution < -0.4 is 5.32 Å². The normalized spacial score (nSPS) is 12.1. The van der Waals surface area contributed by atoms with Crippen LogP contribution in [0.4, 0.5) is 4.79 Å². The van der Waals surface area contributed by atoms with Gasteiger partial charge in [0.2, 0.25) is 0 Å². The molecular weight excluding hydrogens is 334 g/mol. The van der Waals surface area contributed by atoms with Gasteiger partial charge in [-0.3, -0.25) is 0 Å². The SMILES string of the molecule is C=CCOCCCC(NC(=O)OC(C)(C)C)C(=O)OCc1ccccc1. The lowest BCUT2D eigenvalue weighted by Gasteiger charge is -2.23. The van der Waals surface area contributed by atoms with Gasteiger partial charge < -0.3 is 19.5 Å². The van der Waals surface area contributed by atoms with Gasteiger partial charge in [0.1, 0.15) is 18.2 Å². The van der Waals surface area contributed by atoms with Crippen molar-refractivity contribution in [3.63, 3.8) is 0 Å². The number of ether oxygens (including phenoxy) is 3. The minimum Gasteiger partial charge on any atom is -0.459 e. The maximum Gasteiger partial charge on any atom is 0.408 e. The van der Waals surface area contributed by atoms with Gasteiger partial charge in [-0.05, 0) is 39.2 Å². The summed E-state index contributed by atoms with van der Waals surface area (Å²) >= 11 is 0. The van der Waals surface area contributed by atoms with E-state index in [2.05, 4.69) is 11.9 Å². The summed E-state index contributed by atoms with van der Waals surface area (Å²) in [6.45, 7) is 9.92. The van der Waals surface area contributed by atoms with Crippen LogP contribution >= 0.6 is 0 Å². The van der Waals surface area contributed by atoms with Gasteiger partial charge in [-0.15, -0.1) is 6.58 Å². The number of amides is 1. The van der Waals surface area contributed by atoms with Crippen LogP contribution in [0.3, 0.4) is 0 Å². The van der Waals surface area contributed by atoms with Gasteiger partial charge in [0.05, 0.1) is 6.61 Å². The zero-order valence-corrected chi connectivity index (χ0v) is 15.8. The summed E-state index contributed by atoms with van der Waals surface area (Å²) < 4.78 is 15.9. The van der Waals surface area contributed by atoms with Gasteiger partial charge in [-0.25, -0.2) is 9.59 Å². The van der Waals surface area contributed by atoms with Gasteiger partial charge in [0.25, 0.3) is 0 Å². The van der Waals surface area contributed by atoms with Crippen LogP contribution in [0.1, 0.15) is 39.2 Å². The molecule has 1 atom stereocenters. The lowest BCUT2D eigenvalue weighted by Crippen LogP contribution is -2.44. The summed E-state index contributed by atoms with van der Waals surface area (Å²) in [6, 6.07) is 8.58. The third-order valence-electron chi connectivity index (χ3n) is 3.22. The highest BCUT2D eigenvalue weighted by atomic mass is 16.6. The average molecular weight is 363 g/mol. The van der Waals surface area contributed by atoms with Gasteiger partial charge in [0.15, 0.2) is 0 Å². The molecule has 1 N–H and O–H groups in total. The molecule has 0 saturated carbocycles. The predicted molar refractivity (Wildman–Crippen MR) is 99.6 cm³/mol. The Bertz CT molecular complexity index is 565. The maximum atomic E-state index is 12.4. The van der Waals surface area contributed by atoms with Gasteiger partial charge in [0, 0.05) is 6.61 Å². The van der Waals surface area contributed by atoms with Crippen LogP contribution in [0, 0.1) is 0 Å². The molecule has 0 heterocycles. The van der Waals surface area contributed by atoms with E-state index in [9.17, 15) is 9.59 Å². The number of nitrogens with one attached hydrogen (secondary N) is 1. The molecule has 1 unspecified atom stereocenters. The highest BCUT2D eigenvalue weighted by Gasteiger charge is 2.25. The highest BCUT2D eigenvalue weighted by molar-refractivity contribution is 5.81. The van der Waals surface area contributed by atoms with Gasteiger partial charge in [-0.2, -0.15) is 0 Å². The zero-order valence-electron chi connectivity index (χ0n) is 15.8. The molecule has 6 nitrogen and oxygen atoms in total. The second-order valence-corrected chi connectivity index (χ2v) is 6.80. The molecule has 26 heavy (non-hydrogen) atoms. The number of hydrogen-bond donors (Lipinski definition) is 1. The van der Waals surface area contributed by atoms with Crippen LogP contribution in [0.25, 0.3) is 0 Å². The molecule has 0 spiro atoms. The van der Waals surface area contributed by atoms with Crippen molar-refractivity contribution >= 4 is 12.1 Å². The summed E-state index contributed by atoms with van der Waals surface area (Å²) in [6.07, 6.45) is 2.00. The third-order valence-corrected chi connectivity index (χ3v) is 3.22. The number of esters is 1. The first kappa shape index (κ1) is 21.7. The number of alkyl carbamates (subject to hydrolysis) is 1. The minimum atomic E-state index is -0.791. The first-order valence-corrected chi connectivity index (χ1v) is 8.70. The van der Waals surface area contributed by atoms with E-state index in [1.54, 1.807) is 26.8 Å². The molecule has 0 radical (unpaired) electrons. The highest BCUT2D eigenvalue weighted by Crippen LogP contribution is 2.09. The Morgan fingerprint density at radius 2 is 1.92 bits per heavy atom. The summed E-state index contributed by atoms with van der Waals surface area (Å²) in [5.41, 5.74) is 0.238. The predicted octanol–water partition coefficient (Wildman–Crippen LogP) is 3.61. The largest absolute Gasteiger partial charge is 0.459 e. The molecule has 1 amide bonds.